The number of rotatable bonds is 2. The van der Waals surface area contributed by atoms with E-state index in [1.807, 2.05) is 20.8 Å². The van der Waals surface area contributed by atoms with Crippen molar-refractivity contribution in [1.82, 2.24) is 9.80 Å². The molecule has 3 heterocycles. The quantitative estimate of drug-likeness (QED) is 0.703. The number of carbonyl (C=O) groups excluding carboxylic acids is 3. The molecule has 0 saturated carbocycles. The van der Waals surface area contributed by atoms with E-state index in [4.69, 9.17) is 9.47 Å². The minimum Gasteiger partial charge on any atom is -0.456 e. The average Bonchev–Trinajstić information content (AvgIpc) is 3.09. The van der Waals surface area contributed by atoms with E-state index in [1.54, 1.807) is 16.7 Å². The van der Waals surface area contributed by atoms with Gasteiger partial charge in [0.25, 0.3) is 0 Å². The summed E-state index contributed by atoms with van der Waals surface area (Å²) in [6.45, 7) is 9.36. The van der Waals surface area contributed by atoms with Gasteiger partial charge in [0.2, 0.25) is 5.91 Å². The molecule has 0 aliphatic carbocycles. The third-order valence-corrected chi connectivity index (χ3v) is 5.41. The molecule has 144 valence electrons. The number of carbonyl (C=O) groups is 3. The smallest absolute Gasteiger partial charge is 0.410 e. The van der Waals surface area contributed by atoms with E-state index in [1.165, 1.54) is 0 Å². The zero-order valence-corrected chi connectivity index (χ0v) is 16.0. The van der Waals surface area contributed by atoms with Crippen LogP contribution in [-0.4, -0.2) is 59.6 Å². The van der Waals surface area contributed by atoms with Crippen molar-refractivity contribution >= 4 is 18.0 Å². The fourth-order valence-electron chi connectivity index (χ4n) is 3.97. The van der Waals surface area contributed by atoms with Crippen LogP contribution < -0.4 is 0 Å². The zero-order valence-electron chi connectivity index (χ0n) is 16.0. The summed E-state index contributed by atoms with van der Waals surface area (Å²) < 4.78 is 10.5. The molecular formula is C19H28N2O5. The van der Waals surface area contributed by atoms with Crippen molar-refractivity contribution < 1.29 is 23.9 Å². The van der Waals surface area contributed by atoms with Gasteiger partial charge in [-0.1, -0.05) is 0 Å². The molecule has 2 amide bonds. The van der Waals surface area contributed by atoms with E-state index < -0.39 is 5.60 Å². The Hall–Kier alpha value is -2.05. The van der Waals surface area contributed by atoms with Gasteiger partial charge in [-0.2, -0.15) is 0 Å². The first-order valence-electron chi connectivity index (χ1n) is 9.33. The summed E-state index contributed by atoms with van der Waals surface area (Å²) >= 11 is 0. The van der Waals surface area contributed by atoms with Crippen molar-refractivity contribution in [2.75, 3.05) is 26.2 Å². The zero-order chi connectivity index (χ0) is 19.1. The summed E-state index contributed by atoms with van der Waals surface area (Å²) in [4.78, 5) is 40.1. The minimum atomic E-state index is -0.498. The van der Waals surface area contributed by atoms with E-state index in [2.05, 4.69) is 0 Å². The number of hydrogen-bond donors (Lipinski definition) is 0. The van der Waals surface area contributed by atoms with Crippen LogP contribution in [0.5, 0.6) is 0 Å². The van der Waals surface area contributed by atoms with Crippen molar-refractivity contribution in [3.05, 3.63) is 11.3 Å². The van der Waals surface area contributed by atoms with Crippen LogP contribution in [0.4, 0.5) is 4.79 Å². The first-order valence-corrected chi connectivity index (χ1v) is 9.33. The standard InChI is InChI=1S/C19H28N2O5/c1-12-15(11-25-17(12)23)21-10-7-14(16(21)22)13-5-8-20(9-6-13)18(24)26-19(2,3)4/h13-14H,5-11H2,1-4H3. The molecule has 7 heteroatoms. The Morgan fingerprint density at radius 3 is 2.31 bits per heavy atom. The number of piperidine rings is 1. The summed E-state index contributed by atoms with van der Waals surface area (Å²) in [6, 6.07) is 0. The minimum absolute atomic E-state index is 0.0354. The summed E-state index contributed by atoms with van der Waals surface area (Å²) in [5, 5.41) is 0. The van der Waals surface area contributed by atoms with Gasteiger partial charge in [0.15, 0.2) is 0 Å². The Labute approximate surface area is 154 Å². The number of cyclic esters (lactones) is 1. The van der Waals surface area contributed by atoms with Crippen molar-refractivity contribution in [2.45, 2.75) is 52.6 Å². The second-order valence-electron chi connectivity index (χ2n) is 8.34. The summed E-state index contributed by atoms with van der Waals surface area (Å²) in [6.07, 6.45) is 2.12. The van der Waals surface area contributed by atoms with Crippen LogP contribution in [0.25, 0.3) is 0 Å². The molecule has 3 aliphatic rings. The van der Waals surface area contributed by atoms with Crippen molar-refractivity contribution in [3.63, 3.8) is 0 Å². The third kappa shape index (κ3) is 3.71. The molecular weight excluding hydrogens is 336 g/mol. The molecule has 0 aromatic rings. The van der Waals surface area contributed by atoms with Crippen LogP contribution in [-0.2, 0) is 19.1 Å². The van der Waals surface area contributed by atoms with Gasteiger partial charge in [-0.05, 0) is 52.9 Å². The highest BCUT2D eigenvalue weighted by Crippen LogP contribution is 2.36. The second kappa shape index (κ2) is 6.93. The predicted molar refractivity (Wildman–Crippen MR) is 94.0 cm³/mol. The maximum absolute atomic E-state index is 12.9. The first-order chi connectivity index (χ1) is 12.2. The largest absolute Gasteiger partial charge is 0.456 e. The number of ether oxygens (including phenoxy) is 2. The van der Waals surface area contributed by atoms with E-state index in [0.29, 0.717) is 30.9 Å². The maximum Gasteiger partial charge on any atom is 0.410 e. The number of likely N-dealkylation sites (tertiary alicyclic amines) is 2. The summed E-state index contributed by atoms with van der Waals surface area (Å²) in [7, 11) is 0. The van der Waals surface area contributed by atoms with Crippen LogP contribution >= 0.6 is 0 Å². The van der Waals surface area contributed by atoms with Crippen LogP contribution in [0, 0.1) is 11.8 Å². The highest BCUT2D eigenvalue weighted by atomic mass is 16.6. The second-order valence-corrected chi connectivity index (χ2v) is 8.34. The number of nitrogens with zero attached hydrogens (tertiary/aromatic N) is 2. The Balaban J connectivity index is 1.57. The number of esters is 1. The van der Waals surface area contributed by atoms with Gasteiger partial charge in [0.05, 0.1) is 11.3 Å². The van der Waals surface area contributed by atoms with E-state index in [-0.39, 0.29) is 36.4 Å². The lowest BCUT2D eigenvalue weighted by atomic mass is 9.83. The van der Waals surface area contributed by atoms with Gasteiger partial charge < -0.3 is 19.3 Å². The summed E-state index contributed by atoms with van der Waals surface area (Å²) in [5.74, 6) is -0.00723. The lowest BCUT2D eigenvalue weighted by Gasteiger charge is -2.35. The molecule has 3 rings (SSSR count). The van der Waals surface area contributed by atoms with Crippen LogP contribution in [0.3, 0.4) is 0 Å². The molecule has 3 aliphatic heterocycles. The highest BCUT2D eigenvalue weighted by Gasteiger charge is 2.42. The van der Waals surface area contributed by atoms with E-state index >= 15 is 0 Å². The Kier molecular flexibility index (Phi) is 4.99. The van der Waals surface area contributed by atoms with Gasteiger partial charge in [0.1, 0.15) is 12.2 Å². The molecule has 0 aromatic heterocycles. The lowest BCUT2D eigenvalue weighted by molar-refractivity contribution is -0.136. The van der Waals surface area contributed by atoms with Crippen molar-refractivity contribution in [3.8, 4) is 0 Å². The van der Waals surface area contributed by atoms with Crippen LogP contribution in [0.1, 0.15) is 47.0 Å². The molecule has 1 unspecified atom stereocenters. The fraction of sp³-hybridized carbons (Fsp3) is 0.737. The van der Waals surface area contributed by atoms with Gasteiger partial charge in [-0.15, -0.1) is 0 Å². The first kappa shape index (κ1) is 18.7. The molecule has 0 bridgehead atoms. The molecule has 0 aromatic carbocycles. The Morgan fingerprint density at radius 2 is 1.77 bits per heavy atom. The fourth-order valence-corrected chi connectivity index (χ4v) is 3.97. The van der Waals surface area contributed by atoms with E-state index in [0.717, 1.165) is 19.3 Å². The summed E-state index contributed by atoms with van der Waals surface area (Å²) in [5.41, 5.74) is 0.759. The molecule has 0 spiro atoms. The van der Waals surface area contributed by atoms with Crippen LogP contribution in [0.2, 0.25) is 0 Å². The van der Waals surface area contributed by atoms with Crippen molar-refractivity contribution in [2.24, 2.45) is 11.8 Å². The monoisotopic (exact) mass is 364 g/mol. The molecule has 1 atom stereocenters. The topological polar surface area (TPSA) is 76.2 Å². The highest BCUT2D eigenvalue weighted by molar-refractivity contribution is 5.93. The van der Waals surface area contributed by atoms with Crippen molar-refractivity contribution in [1.29, 1.82) is 0 Å². The van der Waals surface area contributed by atoms with Gasteiger partial charge in [-0.3, -0.25) is 4.79 Å². The Morgan fingerprint density at radius 1 is 1.12 bits per heavy atom. The normalized spacial score (nSPS) is 25.2. The van der Waals surface area contributed by atoms with Gasteiger partial charge >= 0.3 is 12.1 Å². The van der Waals surface area contributed by atoms with E-state index in [9.17, 15) is 14.4 Å². The Bertz CT molecular complexity index is 641. The molecule has 0 N–H and O–H groups in total. The molecule has 7 nitrogen and oxygen atoms in total. The molecule has 2 fully saturated rings. The maximum atomic E-state index is 12.9. The molecule has 2 saturated heterocycles. The lowest BCUT2D eigenvalue weighted by Crippen LogP contribution is -2.43. The van der Waals surface area contributed by atoms with Gasteiger partial charge in [-0.25, -0.2) is 9.59 Å². The number of amides is 2. The molecule has 0 radical (unpaired) electrons. The number of hydrogen-bond acceptors (Lipinski definition) is 5. The SMILES string of the molecule is CC1=C(N2CCC(C3CCN(C(=O)OC(C)(C)C)CC3)C2=O)COC1=O. The predicted octanol–water partition coefficient (Wildman–Crippen LogP) is 2.31. The average molecular weight is 364 g/mol. The van der Waals surface area contributed by atoms with Crippen LogP contribution in [0.15, 0.2) is 11.3 Å². The molecule has 26 heavy (non-hydrogen) atoms. The van der Waals surface area contributed by atoms with Gasteiger partial charge in [0, 0.05) is 25.6 Å². The third-order valence-electron chi connectivity index (χ3n) is 5.41.